The summed E-state index contributed by atoms with van der Waals surface area (Å²) in [5, 5.41) is 2.34. The largest absolute Gasteiger partial charge is 0.358 e. The number of fused-ring (bicyclic) bond motifs is 1. The van der Waals surface area contributed by atoms with E-state index in [0.717, 1.165) is 10.9 Å². The van der Waals surface area contributed by atoms with E-state index >= 15 is 0 Å². The van der Waals surface area contributed by atoms with Crippen LogP contribution < -0.4 is 0 Å². The normalized spacial score (nSPS) is 8.62. The predicted molar refractivity (Wildman–Crippen MR) is 52.6 cm³/mol. The van der Waals surface area contributed by atoms with E-state index in [1.54, 1.807) is 6.20 Å². The van der Waals surface area contributed by atoms with Crippen LogP contribution in [0, 0.1) is 51.2 Å². The van der Waals surface area contributed by atoms with Crippen LogP contribution in [-0.4, -0.2) is 4.98 Å². The molecule has 0 N–H and O–H groups in total. The number of nitrogens with zero attached hydrogens (tertiary/aromatic N) is 1. The standard InChI is InChI=1S/C10H8N.CH3.Tm/c1-8-3-2-4-9-5-6-11-7-10(8)9;;/h2-7H,1H2;1H3;/q2*-1;. The molecule has 0 aliphatic heterocycles. The van der Waals surface area contributed by atoms with Gasteiger partial charge in [0.1, 0.15) is 0 Å². The number of pyridine rings is 1. The summed E-state index contributed by atoms with van der Waals surface area (Å²) in [5.41, 5.74) is 1.04. The first-order chi connectivity index (χ1) is 5.38. The molecule has 2 heteroatoms. The minimum absolute atomic E-state index is 0. The average Bonchev–Trinajstić information content (AvgIpc) is 2.06. The van der Waals surface area contributed by atoms with Gasteiger partial charge in [-0.3, -0.25) is 4.98 Å². The van der Waals surface area contributed by atoms with Crippen molar-refractivity contribution >= 4 is 10.8 Å². The Kier molecular flexibility index (Phi) is 5.35. The third kappa shape index (κ3) is 2.59. The molecule has 2 rings (SSSR count). The zero-order valence-corrected chi connectivity index (χ0v) is 9.18. The molecule has 0 saturated heterocycles. The van der Waals surface area contributed by atoms with Gasteiger partial charge in [-0.1, -0.05) is 11.5 Å². The van der Waals surface area contributed by atoms with Gasteiger partial charge < -0.3 is 7.43 Å². The van der Waals surface area contributed by atoms with Crippen LogP contribution in [0.5, 0.6) is 0 Å². The molecule has 0 aliphatic rings. The van der Waals surface area contributed by atoms with Gasteiger partial charge in [0, 0.05) is 43.1 Å². The van der Waals surface area contributed by atoms with Crippen LogP contribution in [-0.2, 0) is 0 Å². The Hall–Kier alpha value is -0.266. The Bertz CT molecular complexity index is 379. The Morgan fingerprint density at radius 1 is 1.15 bits per heavy atom. The first kappa shape index (κ1) is 12.7. The summed E-state index contributed by atoms with van der Waals surface area (Å²) in [4.78, 5) is 4.03. The molecular formula is C11H11NTm-2. The summed E-state index contributed by atoms with van der Waals surface area (Å²) < 4.78 is 0. The van der Waals surface area contributed by atoms with Gasteiger partial charge in [0.05, 0.1) is 0 Å². The van der Waals surface area contributed by atoms with Crippen molar-refractivity contribution in [3.63, 3.8) is 0 Å². The fourth-order valence-electron chi connectivity index (χ4n) is 1.18. The molecule has 0 bridgehead atoms. The zero-order valence-electron chi connectivity index (χ0n) is 7.40. The second kappa shape index (κ2) is 5.46. The first-order valence-corrected chi connectivity index (χ1v) is 3.52. The summed E-state index contributed by atoms with van der Waals surface area (Å²) in [6.07, 6.45) is 3.64. The maximum atomic E-state index is 4.03. The summed E-state index contributed by atoms with van der Waals surface area (Å²) in [6.45, 7) is 3.91. The molecule has 75 valence electrons. The Morgan fingerprint density at radius 2 is 1.92 bits per heavy atom. The van der Waals surface area contributed by atoms with Gasteiger partial charge in [-0.2, -0.15) is 18.6 Å². The smallest absolute Gasteiger partial charge is 0.0250 e. The van der Waals surface area contributed by atoms with E-state index in [1.807, 2.05) is 24.4 Å². The van der Waals surface area contributed by atoms with Crippen molar-refractivity contribution in [2.75, 3.05) is 0 Å². The SMILES string of the molecule is [CH2-]c1cccc2ccncc12.[CH3-].[Tm]. The van der Waals surface area contributed by atoms with Crippen molar-refractivity contribution in [3.05, 3.63) is 56.6 Å². The number of aromatic nitrogens is 1. The van der Waals surface area contributed by atoms with Gasteiger partial charge in [-0.15, -0.1) is 11.5 Å². The van der Waals surface area contributed by atoms with Gasteiger partial charge in [0.15, 0.2) is 0 Å². The maximum absolute atomic E-state index is 4.03. The van der Waals surface area contributed by atoms with Crippen molar-refractivity contribution in [1.29, 1.82) is 0 Å². The molecule has 0 fully saturated rings. The summed E-state index contributed by atoms with van der Waals surface area (Å²) in [7, 11) is 0. The van der Waals surface area contributed by atoms with Crippen LogP contribution >= 0.6 is 0 Å². The Balaban J connectivity index is 0.000000720. The number of hydrogen-bond acceptors (Lipinski definition) is 1. The maximum Gasteiger partial charge on any atom is 0.0250 e. The van der Waals surface area contributed by atoms with Gasteiger partial charge in [0.2, 0.25) is 0 Å². The monoisotopic (exact) mass is 326 g/mol. The van der Waals surface area contributed by atoms with E-state index in [2.05, 4.69) is 18.0 Å². The second-order valence-corrected chi connectivity index (χ2v) is 2.51. The molecular weight excluding hydrogens is 315 g/mol. The quantitative estimate of drug-likeness (QED) is 0.679. The number of hydrogen-bond donors (Lipinski definition) is 0. The van der Waals surface area contributed by atoms with Crippen molar-refractivity contribution in [2.45, 2.75) is 0 Å². The second-order valence-electron chi connectivity index (χ2n) is 2.51. The van der Waals surface area contributed by atoms with E-state index in [0.29, 0.717) is 0 Å². The van der Waals surface area contributed by atoms with Crippen LogP contribution in [0.2, 0.25) is 0 Å². The Labute approximate surface area is 108 Å². The van der Waals surface area contributed by atoms with Crippen molar-refractivity contribution in [1.82, 2.24) is 4.98 Å². The zero-order chi connectivity index (χ0) is 7.68. The van der Waals surface area contributed by atoms with Crippen LogP contribution in [0.1, 0.15) is 5.56 Å². The average molecular weight is 326 g/mol. The molecule has 1 nitrogen and oxygen atoms in total. The number of rotatable bonds is 0. The van der Waals surface area contributed by atoms with Crippen molar-refractivity contribution in [3.8, 4) is 0 Å². The molecule has 0 atom stereocenters. The molecule has 0 saturated carbocycles. The van der Waals surface area contributed by atoms with E-state index in [1.165, 1.54) is 5.39 Å². The molecule has 2 aromatic rings. The predicted octanol–water partition coefficient (Wildman–Crippen LogP) is 2.87. The molecule has 1 heterocycles. The van der Waals surface area contributed by atoms with E-state index in [-0.39, 0.29) is 44.3 Å². The van der Waals surface area contributed by atoms with Crippen molar-refractivity contribution in [2.24, 2.45) is 0 Å². The molecule has 0 amide bonds. The summed E-state index contributed by atoms with van der Waals surface area (Å²) in [5.74, 6) is 0. The van der Waals surface area contributed by atoms with Gasteiger partial charge >= 0.3 is 0 Å². The van der Waals surface area contributed by atoms with Crippen molar-refractivity contribution < 1.29 is 36.9 Å². The molecule has 0 aliphatic carbocycles. The van der Waals surface area contributed by atoms with Crippen LogP contribution in [0.3, 0.4) is 0 Å². The first-order valence-electron chi connectivity index (χ1n) is 3.52. The molecule has 1 radical (unpaired) electrons. The van der Waals surface area contributed by atoms with Gasteiger partial charge in [-0.05, 0) is 12.3 Å². The summed E-state index contributed by atoms with van der Waals surface area (Å²) >= 11 is 0. The van der Waals surface area contributed by atoms with Crippen LogP contribution in [0.15, 0.2) is 36.7 Å². The van der Waals surface area contributed by atoms with Crippen LogP contribution in [0.25, 0.3) is 10.8 Å². The number of benzene rings is 1. The fourth-order valence-corrected chi connectivity index (χ4v) is 1.18. The topological polar surface area (TPSA) is 12.9 Å². The molecule has 13 heavy (non-hydrogen) atoms. The molecule has 0 spiro atoms. The van der Waals surface area contributed by atoms with Crippen LogP contribution in [0.4, 0.5) is 0 Å². The molecule has 1 aromatic heterocycles. The minimum atomic E-state index is 0. The molecule has 0 unspecified atom stereocenters. The molecule has 1 aromatic carbocycles. The van der Waals surface area contributed by atoms with E-state index < -0.39 is 0 Å². The third-order valence-corrected chi connectivity index (χ3v) is 1.77. The van der Waals surface area contributed by atoms with E-state index in [9.17, 15) is 0 Å². The Morgan fingerprint density at radius 3 is 2.62 bits per heavy atom. The van der Waals surface area contributed by atoms with Gasteiger partial charge in [-0.25, -0.2) is 0 Å². The fraction of sp³-hybridized carbons (Fsp3) is 0. The summed E-state index contributed by atoms with van der Waals surface area (Å²) in [6, 6.07) is 8.05. The van der Waals surface area contributed by atoms with Gasteiger partial charge in [0.25, 0.3) is 0 Å². The third-order valence-electron chi connectivity index (χ3n) is 1.77. The van der Waals surface area contributed by atoms with E-state index in [4.69, 9.17) is 0 Å². The minimum Gasteiger partial charge on any atom is -0.358 e.